The molecule has 1 aliphatic rings. The molecule has 1 aliphatic carbocycles. The predicted octanol–water partition coefficient (Wildman–Crippen LogP) is 3.50. The van der Waals surface area contributed by atoms with Gasteiger partial charge in [0.15, 0.2) is 0 Å². The van der Waals surface area contributed by atoms with Crippen LogP contribution < -0.4 is 10.2 Å². The van der Waals surface area contributed by atoms with Gasteiger partial charge >= 0.3 is 0 Å². The zero-order valence-corrected chi connectivity index (χ0v) is 11.6. The van der Waals surface area contributed by atoms with E-state index in [1.165, 1.54) is 28.9 Å². The van der Waals surface area contributed by atoms with Crippen molar-refractivity contribution in [2.75, 3.05) is 30.9 Å². The van der Waals surface area contributed by atoms with Crippen LogP contribution in [0.15, 0.2) is 48.5 Å². The lowest BCUT2D eigenvalue weighted by molar-refractivity contribution is 0.636. The van der Waals surface area contributed by atoms with E-state index in [2.05, 4.69) is 72.8 Å². The van der Waals surface area contributed by atoms with Crippen molar-refractivity contribution in [3.63, 3.8) is 0 Å². The molecule has 2 heteroatoms. The van der Waals surface area contributed by atoms with E-state index in [4.69, 9.17) is 0 Å². The normalized spacial score (nSPS) is 16.4. The second-order valence-electron chi connectivity index (χ2n) is 5.42. The number of nitrogens with zero attached hydrogens (tertiary/aromatic N) is 1. The van der Waals surface area contributed by atoms with E-state index in [1.54, 1.807) is 0 Å². The van der Waals surface area contributed by atoms with Gasteiger partial charge in [-0.05, 0) is 41.8 Å². The van der Waals surface area contributed by atoms with Crippen molar-refractivity contribution in [3.8, 4) is 0 Å². The molecule has 0 bridgehead atoms. The second-order valence-corrected chi connectivity index (χ2v) is 5.42. The number of hydrogen-bond donors (Lipinski definition) is 1. The highest BCUT2D eigenvalue weighted by Crippen LogP contribution is 2.34. The van der Waals surface area contributed by atoms with E-state index in [9.17, 15) is 0 Å². The molecular weight excluding hydrogens is 232 g/mol. The fraction of sp³-hybridized carbons (Fsp3) is 0.294. The van der Waals surface area contributed by atoms with E-state index in [-0.39, 0.29) is 0 Å². The van der Waals surface area contributed by atoms with Crippen molar-refractivity contribution in [1.82, 2.24) is 0 Å². The topological polar surface area (TPSA) is 15.3 Å². The number of hydrogen-bond acceptors (Lipinski definition) is 2. The highest BCUT2D eigenvalue weighted by atomic mass is 15.1. The maximum Gasteiger partial charge on any atom is 0.0362 e. The Labute approximate surface area is 115 Å². The predicted molar refractivity (Wildman–Crippen MR) is 82.1 cm³/mol. The molecule has 0 aromatic heterocycles. The van der Waals surface area contributed by atoms with Crippen molar-refractivity contribution in [2.45, 2.75) is 12.3 Å². The zero-order valence-electron chi connectivity index (χ0n) is 11.6. The summed E-state index contributed by atoms with van der Waals surface area (Å²) in [7, 11) is 4.13. The summed E-state index contributed by atoms with van der Waals surface area (Å²) >= 11 is 0. The lowest BCUT2D eigenvalue weighted by Gasteiger charge is -2.30. The molecule has 19 heavy (non-hydrogen) atoms. The van der Waals surface area contributed by atoms with Crippen LogP contribution in [0.2, 0.25) is 0 Å². The molecule has 2 aromatic carbocycles. The lowest BCUT2D eigenvalue weighted by atomic mass is 9.77. The molecule has 0 saturated heterocycles. The quantitative estimate of drug-likeness (QED) is 0.896. The third-order valence-electron chi connectivity index (χ3n) is 3.90. The first-order chi connectivity index (χ1) is 9.24. The number of benzene rings is 2. The van der Waals surface area contributed by atoms with Crippen molar-refractivity contribution in [1.29, 1.82) is 0 Å². The molecule has 1 unspecified atom stereocenters. The maximum absolute atomic E-state index is 3.54. The first-order valence-electron chi connectivity index (χ1n) is 6.83. The summed E-state index contributed by atoms with van der Waals surface area (Å²) in [5.74, 6) is 0.671. The maximum atomic E-state index is 3.54. The Morgan fingerprint density at radius 1 is 1.05 bits per heavy atom. The van der Waals surface area contributed by atoms with Gasteiger partial charge in [0.1, 0.15) is 0 Å². The Morgan fingerprint density at radius 2 is 1.79 bits per heavy atom. The van der Waals surface area contributed by atoms with Gasteiger partial charge in [-0.3, -0.25) is 0 Å². The molecule has 0 fully saturated rings. The van der Waals surface area contributed by atoms with Crippen molar-refractivity contribution in [3.05, 3.63) is 59.7 Å². The average molecular weight is 252 g/mol. The van der Waals surface area contributed by atoms with Crippen molar-refractivity contribution >= 4 is 11.4 Å². The fourth-order valence-corrected chi connectivity index (χ4v) is 2.66. The summed E-state index contributed by atoms with van der Waals surface area (Å²) in [6, 6.07) is 17.4. The Bertz CT molecular complexity index is 558. The smallest absolute Gasteiger partial charge is 0.0362 e. The molecular formula is C17H20N2. The molecule has 0 radical (unpaired) electrons. The largest absolute Gasteiger partial charge is 0.384 e. The van der Waals surface area contributed by atoms with Gasteiger partial charge in [-0.15, -0.1) is 0 Å². The Balaban J connectivity index is 1.59. The minimum Gasteiger partial charge on any atom is -0.384 e. The molecule has 1 N–H and O–H groups in total. The van der Waals surface area contributed by atoms with Crippen LogP contribution in [0.3, 0.4) is 0 Å². The summed E-state index contributed by atoms with van der Waals surface area (Å²) in [6.45, 7) is 1.03. The first kappa shape index (κ1) is 12.1. The monoisotopic (exact) mass is 252 g/mol. The Morgan fingerprint density at radius 3 is 2.47 bits per heavy atom. The van der Waals surface area contributed by atoms with Crippen LogP contribution in [-0.2, 0) is 6.42 Å². The summed E-state index contributed by atoms with van der Waals surface area (Å²) in [6.07, 6.45) is 1.21. The summed E-state index contributed by atoms with van der Waals surface area (Å²) < 4.78 is 0. The average Bonchev–Trinajstić information content (AvgIpc) is 2.40. The minimum atomic E-state index is 0.671. The number of rotatable bonds is 4. The van der Waals surface area contributed by atoms with Crippen LogP contribution in [0.5, 0.6) is 0 Å². The lowest BCUT2D eigenvalue weighted by Crippen LogP contribution is -2.24. The highest BCUT2D eigenvalue weighted by Gasteiger charge is 2.24. The molecule has 0 heterocycles. The third-order valence-corrected chi connectivity index (χ3v) is 3.90. The van der Waals surface area contributed by atoms with E-state index >= 15 is 0 Å². The van der Waals surface area contributed by atoms with E-state index in [1.807, 2.05) is 0 Å². The van der Waals surface area contributed by atoms with Gasteiger partial charge in [-0.25, -0.2) is 0 Å². The van der Waals surface area contributed by atoms with E-state index in [0.29, 0.717) is 5.92 Å². The molecule has 0 aliphatic heterocycles. The van der Waals surface area contributed by atoms with Gasteiger partial charge in [0.25, 0.3) is 0 Å². The molecule has 2 nitrogen and oxygen atoms in total. The van der Waals surface area contributed by atoms with Crippen LogP contribution in [0.1, 0.15) is 17.0 Å². The van der Waals surface area contributed by atoms with Crippen molar-refractivity contribution in [2.24, 2.45) is 0 Å². The van der Waals surface area contributed by atoms with Crippen molar-refractivity contribution < 1.29 is 0 Å². The zero-order chi connectivity index (χ0) is 13.2. The fourth-order valence-electron chi connectivity index (χ4n) is 2.66. The standard InChI is InChI=1S/C17H20N2/c1-19(2)16-9-7-15(8-10-16)18-12-14-11-13-5-3-4-6-17(13)14/h3-10,14,18H,11-12H2,1-2H3. The summed E-state index contributed by atoms with van der Waals surface area (Å²) in [5, 5.41) is 3.54. The van der Waals surface area contributed by atoms with Gasteiger partial charge in [-0.1, -0.05) is 24.3 Å². The van der Waals surface area contributed by atoms with E-state index in [0.717, 1.165) is 6.54 Å². The number of nitrogens with one attached hydrogen (secondary N) is 1. The van der Waals surface area contributed by atoms with Gasteiger partial charge in [0, 0.05) is 37.9 Å². The highest BCUT2D eigenvalue weighted by molar-refractivity contribution is 5.55. The molecule has 2 aromatic rings. The third kappa shape index (κ3) is 2.43. The van der Waals surface area contributed by atoms with Gasteiger partial charge in [0.05, 0.1) is 0 Å². The van der Waals surface area contributed by atoms with Crippen LogP contribution in [0.25, 0.3) is 0 Å². The molecule has 0 saturated carbocycles. The van der Waals surface area contributed by atoms with Gasteiger partial charge in [-0.2, -0.15) is 0 Å². The Hall–Kier alpha value is -1.96. The molecule has 0 amide bonds. The molecule has 0 spiro atoms. The SMILES string of the molecule is CN(C)c1ccc(NCC2Cc3ccccc32)cc1. The Kier molecular flexibility index (Phi) is 3.16. The number of fused-ring (bicyclic) bond motifs is 1. The van der Waals surface area contributed by atoms with Crippen LogP contribution >= 0.6 is 0 Å². The van der Waals surface area contributed by atoms with Crippen LogP contribution in [0, 0.1) is 0 Å². The first-order valence-corrected chi connectivity index (χ1v) is 6.83. The minimum absolute atomic E-state index is 0.671. The second kappa shape index (κ2) is 4.96. The summed E-state index contributed by atoms with van der Waals surface area (Å²) in [5.41, 5.74) is 5.46. The van der Waals surface area contributed by atoms with E-state index < -0.39 is 0 Å². The van der Waals surface area contributed by atoms with Gasteiger partial charge in [0.2, 0.25) is 0 Å². The van der Waals surface area contributed by atoms with Crippen LogP contribution in [0.4, 0.5) is 11.4 Å². The number of anilines is 2. The van der Waals surface area contributed by atoms with Gasteiger partial charge < -0.3 is 10.2 Å². The summed E-state index contributed by atoms with van der Waals surface area (Å²) in [4.78, 5) is 2.12. The molecule has 98 valence electrons. The molecule has 1 atom stereocenters. The van der Waals surface area contributed by atoms with Crippen LogP contribution in [-0.4, -0.2) is 20.6 Å². The molecule has 3 rings (SSSR count).